The zero-order valence-electron chi connectivity index (χ0n) is 12.0. The van der Waals surface area contributed by atoms with Gasteiger partial charge < -0.3 is 15.2 Å². The summed E-state index contributed by atoms with van der Waals surface area (Å²) < 4.78 is 2.19. The second-order valence-electron chi connectivity index (χ2n) is 5.86. The summed E-state index contributed by atoms with van der Waals surface area (Å²) in [7, 11) is 2.10. The molecule has 0 saturated carbocycles. The van der Waals surface area contributed by atoms with Gasteiger partial charge in [-0.3, -0.25) is 0 Å². The fourth-order valence-electron chi connectivity index (χ4n) is 3.00. The van der Waals surface area contributed by atoms with E-state index in [9.17, 15) is 0 Å². The fourth-order valence-corrected chi connectivity index (χ4v) is 3.00. The largest absolute Gasteiger partial charge is 0.398 e. The minimum absolute atomic E-state index is 0.750. The van der Waals surface area contributed by atoms with Gasteiger partial charge in [0.15, 0.2) is 0 Å². The number of piperidine rings is 1. The van der Waals surface area contributed by atoms with Gasteiger partial charge in [0.05, 0.1) is 11.0 Å². The Morgan fingerprint density at radius 1 is 1.37 bits per heavy atom. The van der Waals surface area contributed by atoms with E-state index in [1.807, 2.05) is 13.0 Å². The van der Waals surface area contributed by atoms with Crippen LogP contribution in [-0.2, 0) is 7.05 Å². The van der Waals surface area contributed by atoms with E-state index in [1.165, 1.54) is 18.4 Å². The quantitative estimate of drug-likeness (QED) is 0.800. The Hall–Kier alpha value is -1.71. The van der Waals surface area contributed by atoms with Gasteiger partial charge in [0, 0.05) is 25.8 Å². The fraction of sp³-hybridized carbons (Fsp3) is 0.533. The van der Waals surface area contributed by atoms with E-state index in [-0.39, 0.29) is 0 Å². The second-order valence-corrected chi connectivity index (χ2v) is 5.86. The Balaban J connectivity index is 2.07. The number of benzene rings is 1. The highest BCUT2D eigenvalue weighted by Gasteiger charge is 2.21. The predicted octanol–water partition coefficient (Wildman–Crippen LogP) is 2.70. The van der Waals surface area contributed by atoms with Crippen molar-refractivity contribution in [3.05, 3.63) is 17.7 Å². The van der Waals surface area contributed by atoms with Crippen LogP contribution >= 0.6 is 0 Å². The zero-order valence-corrected chi connectivity index (χ0v) is 12.0. The summed E-state index contributed by atoms with van der Waals surface area (Å²) in [6.45, 7) is 6.57. The third-order valence-electron chi connectivity index (χ3n) is 4.18. The van der Waals surface area contributed by atoms with E-state index in [0.717, 1.165) is 41.7 Å². The molecular formula is C15H22N4. The molecule has 2 heterocycles. The number of aromatic nitrogens is 2. The van der Waals surface area contributed by atoms with Gasteiger partial charge in [-0.05, 0) is 43.4 Å². The van der Waals surface area contributed by atoms with E-state index in [1.54, 1.807) is 0 Å². The standard InChI is InChI=1S/C15H22N4/c1-10-5-4-6-19(9-10)15-17-13-8-12(16)11(2)7-14(13)18(15)3/h7-8,10H,4-6,9,16H2,1-3H3/t10-/m1/s1. The van der Waals surface area contributed by atoms with E-state index in [4.69, 9.17) is 10.7 Å². The maximum absolute atomic E-state index is 5.98. The number of hydrogen-bond acceptors (Lipinski definition) is 3. The van der Waals surface area contributed by atoms with Crippen LogP contribution in [0.1, 0.15) is 25.3 Å². The summed E-state index contributed by atoms with van der Waals surface area (Å²) in [4.78, 5) is 7.18. The topological polar surface area (TPSA) is 47.1 Å². The molecule has 0 bridgehead atoms. The average molecular weight is 258 g/mol. The normalized spacial score (nSPS) is 20.2. The number of aryl methyl sites for hydroxylation is 2. The molecule has 2 N–H and O–H groups in total. The van der Waals surface area contributed by atoms with Gasteiger partial charge in [0.25, 0.3) is 0 Å². The van der Waals surface area contributed by atoms with Crippen molar-refractivity contribution in [2.24, 2.45) is 13.0 Å². The third-order valence-corrected chi connectivity index (χ3v) is 4.18. The maximum atomic E-state index is 5.98. The van der Waals surface area contributed by atoms with Crippen LogP contribution in [0.2, 0.25) is 0 Å². The second kappa shape index (κ2) is 4.44. The number of rotatable bonds is 1. The highest BCUT2D eigenvalue weighted by molar-refractivity contribution is 5.83. The molecule has 0 aliphatic carbocycles. The molecule has 1 saturated heterocycles. The van der Waals surface area contributed by atoms with Crippen molar-refractivity contribution < 1.29 is 0 Å². The summed E-state index contributed by atoms with van der Waals surface area (Å²) in [5, 5.41) is 0. The van der Waals surface area contributed by atoms with Crippen molar-refractivity contribution >= 4 is 22.7 Å². The molecule has 102 valence electrons. The van der Waals surface area contributed by atoms with Gasteiger partial charge in [-0.1, -0.05) is 6.92 Å². The number of nitrogens with zero attached hydrogens (tertiary/aromatic N) is 3. The molecule has 4 nitrogen and oxygen atoms in total. The predicted molar refractivity (Wildman–Crippen MR) is 80.5 cm³/mol. The van der Waals surface area contributed by atoms with Crippen LogP contribution in [0.3, 0.4) is 0 Å². The lowest BCUT2D eigenvalue weighted by Gasteiger charge is -2.31. The summed E-state index contributed by atoms with van der Waals surface area (Å²) >= 11 is 0. The number of nitrogen functional groups attached to an aromatic ring is 1. The molecule has 1 aliphatic heterocycles. The monoisotopic (exact) mass is 258 g/mol. The van der Waals surface area contributed by atoms with Crippen LogP contribution in [0, 0.1) is 12.8 Å². The molecule has 2 aromatic rings. The molecule has 0 radical (unpaired) electrons. The van der Waals surface area contributed by atoms with Gasteiger partial charge in [-0.15, -0.1) is 0 Å². The van der Waals surface area contributed by atoms with Gasteiger partial charge in [-0.2, -0.15) is 0 Å². The molecule has 0 spiro atoms. The SMILES string of the molecule is Cc1cc2c(cc1N)nc(N1CCC[C@@H](C)C1)n2C. The lowest BCUT2D eigenvalue weighted by molar-refractivity contribution is 0.440. The third kappa shape index (κ3) is 2.05. The van der Waals surface area contributed by atoms with Crippen molar-refractivity contribution in [2.75, 3.05) is 23.7 Å². The molecule has 1 aromatic carbocycles. The van der Waals surface area contributed by atoms with Gasteiger partial charge in [0.2, 0.25) is 5.95 Å². The minimum Gasteiger partial charge on any atom is -0.398 e. The van der Waals surface area contributed by atoms with E-state index in [2.05, 4.69) is 29.5 Å². The van der Waals surface area contributed by atoms with Gasteiger partial charge in [0.1, 0.15) is 0 Å². The molecule has 1 aliphatic rings. The van der Waals surface area contributed by atoms with Crippen LogP contribution in [0.25, 0.3) is 11.0 Å². The first-order valence-corrected chi connectivity index (χ1v) is 7.03. The summed E-state index contributed by atoms with van der Waals surface area (Å²) in [5.74, 6) is 1.83. The molecule has 1 fully saturated rings. The summed E-state index contributed by atoms with van der Waals surface area (Å²) in [5.41, 5.74) is 10.1. The number of hydrogen-bond donors (Lipinski definition) is 1. The van der Waals surface area contributed by atoms with Crippen molar-refractivity contribution in [3.8, 4) is 0 Å². The molecule has 0 unspecified atom stereocenters. The van der Waals surface area contributed by atoms with Gasteiger partial charge in [-0.25, -0.2) is 4.98 Å². The van der Waals surface area contributed by atoms with Crippen molar-refractivity contribution in [2.45, 2.75) is 26.7 Å². The molecular weight excluding hydrogens is 236 g/mol. The number of anilines is 2. The molecule has 3 rings (SSSR count). The van der Waals surface area contributed by atoms with E-state index >= 15 is 0 Å². The van der Waals surface area contributed by atoms with Crippen molar-refractivity contribution in [3.63, 3.8) is 0 Å². The lowest BCUT2D eigenvalue weighted by atomic mass is 10.0. The highest BCUT2D eigenvalue weighted by atomic mass is 15.3. The van der Waals surface area contributed by atoms with Crippen LogP contribution < -0.4 is 10.6 Å². The Morgan fingerprint density at radius 3 is 2.89 bits per heavy atom. The number of imidazole rings is 1. The number of nitrogens with two attached hydrogens (primary N) is 1. The van der Waals surface area contributed by atoms with Crippen LogP contribution in [0.4, 0.5) is 11.6 Å². The van der Waals surface area contributed by atoms with Crippen molar-refractivity contribution in [1.82, 2.24) is 9.55 Å². The molecule has 0 amide bonds. The Labute approximate surface area is 114 Å². The van der Waals surface area contributed by atoms with E-state index in [0.29, 0.717) is 0 Å². The van der Waals surface area contributed by atoms with Gasteiger partial charge >= 0.3 is 0 Å². The molecule has 1 aromatic heterocycles. The Bertz CT molecular complexity index is 614. The summed E-state index contributed by atoms with van der Waals surface area (Å²) in [6, 6.07) is 4.12. The first-order valence-electron chi connectivity index (χ1n) is 7.03. The van der Waals surface area contributed by atoms with E-state index < -0.39 is 0 Å². The van der Waals surface area contributed by atoms with Crippen molar-refractivity contribution in [1.29, 1.82) is 0 Å². The molecule has 19 heavy (non-hydrogen) atoms. The smallest absolute Gasteiger partial charge is 0.206 e. The number of fused-ring (bicyclic) bond motifs is 1. The minimum atomic E-state index is 0.750. The first kappa shape index (κ1) is 12.3. The molecule has 1 atom stereocenters. The average Bonchev–Trinajstić information content (AvgIpc) is 2.68. The van der Waals surface area contributed by atoms with Crippen LogP contribution in [-0.4, -0.2) is 22.6 Å². The maximum Gasteiger partial charge on any atom is 0.206 e. The summed E-state index contributed by atoms with van der Waals surface area (Å²) in [6.07, 6.45) is 2.58. The first-order chi connectivity index (χ1) is 9.06. The zero-order chi connectivity index (χ0) is 13.6. The Kier molecular flexibility index (Phi) is 2.88. The highest BCUT2D eigenvalue weighted by Crippen LogP contribution is 2.28. The molecule has 4 heteroatoms. The van der Waals surface area contributed by atoms with Crippen LogP contribution in [0.5, 0.6) is 0 Å². The van der Waals surface area contributed by atoms with Crippen LogP contribution in [0.15, 0.2) is 12.1 Å². The lowest BCUT2D eigenvalue weighted by Crippen LogP contribution is -2.35. The Morgan fingerprint density at radius 2 is 2.16 bits per heavy atom.